The number of amides is 1. The fourth-order valence-electron chi connectivity index (χ4n) is 4.91. The zero-order valence-corrected chi connectivity index (χ0v) is 14.6. The lowest BCUT2D eigenvalue weighted by molar-refractivity contribution is 0.0703. The van der Waals surface area contributed by atoms with Gasteiger partial charge in [0.2, 0.25) is 0 Å². The Morgan fingerprint density at radius 3 is 2.83 bits per heavy atom. The molecule has 0 spiro atoms. The Bertz CT molecular complexity index is 797. The van der Waals surface area contributed by atoms with Crippen molar-refractivity contribution < 1.29 is 4.79 Å². The van der Waals surface area contributed by atoms with E-state index in [1.54, 1.807) is 18.5 Å². The van der Waals surface area contributed by atoms with Crippen LogP contribution in [-0.4, -0.2) is 32.8 Å². The van der Waals surface area contributed by atoms with Crippen molar-refractivity contribution in [3.05, 3.63) is 35.2 Å². The van der Waals surface area contributed by atoms with Gasteiger partial charge in [-0.15, -0.1) is 0 Å². The molecular weight excluding hydrogens is 310 g/mol. The molecule has 2 aromatic rings. The van der Waals surface area contributed by atoms with Gasteiger partial charge in [0, 0.05) is 25.0 Å². The van der Waals surface area contributed by atoms with Gasteiger partial charge in [-0.3, -0.25) is 4.79 Å². The maximum Gasteiger partial charge on any atom is 0.274 e. The van der Waals surface area contributed by atoms with Gasteiger partial charge in [0.1, 0.15) is 11.3 Å². The molecule has 1 saturated carbocycles. The summed E-state index contributed by atoms with van der Waals surface area (Å²) < 4.78 is 1.82. The summed E-state index contributed by atoms with van der Waals surface area (Å²) in [5.41, 5.74) is 1.82. The monoisotopic (exact) mass is 331 g/mol. The number of pyridine rings is 1. The highest BCUT2D eigenvalue weighted by Gasteiger charge is 2.51. The molecule has 0 N–H and O–H groups in total. The molecule has 23 heavy (non-hydrogen) atoms. The van der Waals surface area contributed by atoms with Crippen LogP contribution in [0.5, 0.6) is 0 Å². The third-order valence-corrected chi connectivity index (χ3v) is 5.53. The van der Waals surface area contributed by atoms with Crippen molar-refractivity contribution in [3.63, 3.8) is 0 Å². The number of aromatic nitrogens is 2. The van der Waals surface area contributed by atoms with Gasteiger partial charge in [-0.05, 0) is 42.2 Å². The number of hydrogen-bond acceptors (Lipinski definition) is 2. The number of carbonyl (C=O) groups excluding carboxylic acids is 1. The minimum atomic E-state index is 0.0521. The van der Waals surface area contributed by atoms with Crippen molar-refractivity contribution in [2.75, 3.05) is 6.54 Å². The Kier molecular flexibility index (Phi) is 3.08. The van der Waals surface area contributed by atoms with E-state index in [0.29, 0.717) is 22.2 Å². The molecule has 122 valence electrons. The summed E-state index contributed by atoms with van der Waals surface area (Å²) in [4.78, 5) is 19.6. The molecule has 2 atom stereocenters. The van der Waals surface area contributed by atoms with Crippen LogP contribution in [0.1, 0.15) is 50.5 Å². The number of imidazole rings is 1. The van der Waals surface area contributed by atoms with Crippen molar-refractivity contribution in [3.8, 4) is 0 Å². The lowest BCUT2D eigenvalue weighted by Crippen LogP contribution is -2.37. The molecule has 4 nitrogen and oxygen atoms in total. The highest BCUT2D eigenvalue weighted by molar-refractivity contribution is 6.30. The maximum absolute atomic E-state index is 13.0. The van der Waals surface area contributed by atoms with Crippen LogP contribution >= 0.6 is 11.6 Å². The van der Waals surface area contributed by atoms with Gasteiger partial charge < -0.3 is 9.30 Å². The van der Waals surface area contributed by atoms with Crippen molar-refractivity contribution >= 4 is 23.2 Å². The van der Waals surface area contributed by atoms with Gasteiger partial charge in [0.05, 0.1) is 5.02 Å². The standard InChI is InChI=1S/C18H22ClN3O/c1-17(2)6-13-7-18(3,10-17)11-22(13)16(23)14-9-21-8-12(19)4-5-15(21)20-14/h4-5,8-9,13H,6-7,10-11H2,1-3H3. The van der Waals surface area contributed by atoms with Crippen LogP contribution in [0.25, 0.3) is 5.65 Å². The largest absolute Gasteiger partial charge is 0.334 e. The van der Waals surface area contributed by atoms with E-state index >= 15 is 0 Å². The molecule has 1 aliphatic heterocycles. The second-order valence-corrected chi connectivity index (χ2v) is 8.82. The molecular formula is C18H22ClN3O. The SMILES string of the molecule is CC1(C)CC2CC(C)(CN2C(=O)c2cn3cc(Cl)ccc3n2)C1. The molecule has 0 radical (unpaired) electrons. The summed E-state index contributed by atoms with van der Waals surface area (Å²) in [6.07, 6.45) is 6.95. The van der Waals surface area contributed by atoms with E-state index in [4.69, 9.17) is 11.6 Å². The van der Waals surface area contributed by atoms with E-state index in [9.17, 15) is 4.79 Å². The van der Waals surface area contributed by atoms with Crippen LogP contribution in [0.3, 0.4) is 0 Å². The highest BCUT2D eigenvalue weighted by atomic mass is 35.5. The average Bonchev–Trinajstić information content (AvgIpc) is 2.94. The molecule has 1 amide bonds. The smallest absolute Gasteiger partial charge is 0.274 e. The number of hydrogen-bond donors (Lipinski definition) is 0. The fraction of sp³-hybridized carbons (Fsp3) is 0.556. The molecule has 2 fully saturated rings. The molecule has 5 heteroatoms. The van der Waals surface area contributed by atoms with Crippen molar-refractivity contribution in [1.29, 1.82) is 0 Å². The Labute approximate surface area is 141 Å². The predicted molar refractivity (Wildman–Crippen MR) is 90.8 cm³/mol. The zero-order valence-electron chi connectivity index (χ0n) is 13.8. The minimum Gasteiger partial charge on any atom is -0.334 e. The van der Waals surface area contributed by atoms with Crippen LogP contribution in [0.4, 0.5) is 0 Å². The number of carbonyl (C=O) groups is 1. The predicted octanol–water partition coefficient (Wildman–Crippen LogP) is 4.03. The van der Waals surface area contributed by atoms with E-state index in [1.807, 2.05) is 10.5 Å². The average molecular weight is 332 g/mol. The Hall–Kier alpha value is -1.55. The molecule has 0 aromatic carbocycles. The van der Waals surface area contributed by atoms with Crippen molar-refractivity contribution in [2.45, 2.75) is 46.1 Å². The molecule has 2 unspecified atom stereocenters. The molecule has 4 rings (SSSR count). The molecule has 1 saturated heterocycles. The molecule has 3 heterocycles. The van der Waals surface area contributed by atoms with Crippen LogP contribution in [0.2, 0.25) is 5.02 Å². The van der Waals surface area contributed by atoms with E-state index in [-0.39, 0.29) is 11.3 Å². The van der Waals surface area contributed by atoms with Gasteiger partial charge in [-0.25, -0.2) is 4.98 Å². The summed E-state index contributed by atoms with van der Waals surface area (Å²) in [5.74, 6) is 0.0521. The van der Waals surface area contributed by atoms with Gasteiger partial charge in [0.25, 0.3) is 5.91 Å². The lowest BCUT2D eigenvalue weighted by atomic mass is 9.65. The summed E-state index contributed by atoms with van der Waals surface area (Å²) in [6.45, 7) is 7.79. The first kappa shape index (κ1) is 15.0. The summed E-state index contributed by atoms with van der Waals surface area (Å²) in [5, 5.41) is 0.639. The number of likely N-dealkylation sites (tertiary alicyclic amines) is 1. The molecule has 1 aliphatic carbocycles. The van der Waals surface area contributed by atoms with Gasteiger partial charge in [-0.1, -0.05) is 32.4 Å². The molecule has 2 aromatic heterocycles. The van der Waals surface area contributed by atoms with Crippen molar-refractivity contribution in [1.82, 2.24) is 14.3 Å². The zero-order chi connectivity index (χ0) is 16.4. The van der Waals surface area contributed by atoms with Crippen LogP contribution in [0.15, 0.2) is 24.5 Å². The second-order valence-electron chi connectivity index (χ2n) is 8.39. The Morgan fingerprint density at radius 1 is 1.26 bits per heavy atom. The first-order valence-corrected chi connectivity index (χ1v) is 8.58. The van der Waals surface area contributed by atoms with Crippen LogP contribution in [-0.2, 0) is 0 Å². The topological polar surface area (TPSA) is 37.6 Å². The summed E-state index contributed by atoms with van der Waals surface area (Å²) >= 11 is 6.01. The third-order valence-electron chi connectivity index (χ3n) is 5.31. The van der Waals surface area contributed by atoms with Crippen molar-refractivity contribution in [2.24, 2.45) is 10.8 Å². The molecule has 2 aliphatic rings. The number of rotatable bonds is 1. The van der Waals surface area contributed by atoms with Gasteiger partial charge in [0.15, 0.2) is 0 Å². The summed E-state index contributed by atoms with van der Waals surface area (Å²) in [7, 11) is 0. The number of halogens is 1. The number of nitrogens with zero attached hydrogens (tertiary/aromatic N) is 3. The third kappa shape index (κ3) is 2.53. The quantitative estimate of drug-likeness (QED) is 0.791. The fourth-order valence-corrected chi connectivity index (χ4v) is 5.08. The number of fused-ring (bicyclic) bond motifs is 3. The van der Waals surface area contributed by atoms with E-state index in [2.05, 4.69) is 30.7 Å². The Morgan fingerprint density at radius 2 is 2.04 bits per heavy atom. The normalized spacial score (nSPS) is 29.2. The summed E-state index contributed by atoms with van der Waals surface area (Å²) in [6, 6.07) is 3.97. The second kappa shape index (κ2) is 4.73. The molecule has 2 bridgehead atoms. The Balaban J connectivity index is 1.66. The van der Waals surface area contributed by atoms with Gasteiger partial charge in [-0.2, -0.15) is 0 Å². The maximum atomic E-state index is 13.0. The van der Waals surface area contributed by atoms with Crippen LogP contribution < -0.4 is 0 Å². The lowest BCUT2D eigenvalue weighted by Gasteiger charge is -2.39. The van der Waals surface area contributed by atoms with E-state index < -0.39 is 0 Å². The van der Waals surface area contributed by atoms with Gasteiger partial charge >= 0.3 is 0 Å². The first-order chi connectivity index (χ1) is 10.7. The minimum absolute atomic E-state index is 0.0521. The van der Waals surface area contributed by atoms with E-state index in [0.717, 1.165) is 25.0 Å². The van der Waals surface area contributed by atoms with E-state index in [1.165, 1.54) is 6.42 Å². The first-order valence-electron chi connectivity index (χ1n) is 8.20. The highest BCUT2D eigenvalue weighted by Crippen LogP contribution is 2.52. The van der Waals surface area contributed by atoms with Crippen LogP contribution in [0, 0.1) is 10.8 Å².